The van der Waals surface area contributed by atoms with Crippen molar-refractivity contribution in [3.05, 3.63) is 0 Å². The van der Waals surface area contributed by atoms with Gasteiger partial charge in [0.1, 0.15) is 6.54 Å². The van der Waals surface area contributed by atoms with Crippen LogP contribution in [0.15, 0.2) is 0 Å². The van der Waals surface area contributed by atoms with Gasteiger partial charge in [-0.25, -0.2) is 0 Å². The molecule has 1 fully saturated rings. The van der Waals surface area contributed by atoms with Crippen molar-refractivity contribution in [2.24, 2.45) is 5.92 Å². The quantitative estimate of drug-likeness (QED) is 0.771. The van der Waals surface area contributed by atoms with Gasteiger partial charge in [-0.1, -0.05) is 6.92 Å². The first-order valence-corrected chi connectivity index (χ1v) is 8.14. The lowest BCUT2D eigenvalue weighted by molar-refractivity contribution is -0.121. The van der Waals surface area contributed by atoms with Gasteiger partial charge in [-0.2, -0.15) is 30.6 Å². The minimum Gasteiger partial charge on any atom is -0.314 e. The largest absolute Gasteiger partial charge is 0.402 e. The van der Waals surface area contributed by atoms with Crippen molar-refractivity contribution in [1.29, 1.82) is 0 Å². The number of rotatable bonds is 6. The van der Waals surface area contributed by atoms with Gasteiger partial charge in [-0.15, -0.1) is 0 Å². The summed E-state index contributed by atoms with van der Waals surface area (Å²) in [7, 11) is -4.06. The molecule has 0 aromatic carbocycles. The summed E-state index contributed by atoms with van der Waals surface area (Å²) >= 11 is 0. The number of alkyl halides is 3. The third-order valence-corrected chi connectivity index (χ3v) is 4.97. The predicted octanol–water partition coefficient (Wildman–Crippen LogP) is 1.09. The van der Waals surface area contributed by atoms with Gasteiger partial charge in [0.15, 0.2) is 0 Å². The molecular formula is C11H22F3N3O2S. The molecule has 0 aromatic heterocycles. The Bertz CT molecular complexity index is 400. The van der Waals surface area contributed by atoms with Crippen LogP contribution in [0.2, 0.25) is 0 Å². The van der Waals surface area contributed by atoms with Crippen molar-refractivity contribution >= 4 is 10.2 Å². The molecule has 1 aliphatic rings. The van der Waals surface area contributed by atoms with Crippen LogP contribution in [0.25, 0.3) is 0 Å². The van der Waals surface area contributed by atoms with Crippen molar-refractivity contribution in [1.82, 2.24) is 14.3 Å². The highest BCUT2D eigenvalue weighted by atomic mass is 32.2. The second-order valence-corrected chi connectivity index (χ2v) is 6.80. The van der Waals surface area contributed by atoms with E-state index >= 15 is 0 Å². The van der Waals surface area contributed by atoms with Crippen LogP contribution in [0.1, 0.15) is 26.7 Å². The SMILES string of the molecule is CCNC(C)C1CCCN(S(=O)(=O)NCC(F)(F)F)C1. The lowest BCUT2D eigenvalue weighted by Gasteiger charge is -2.35. The van der Waals surface area contributed by atoms with Crippen LogP contribution in [0.5, 0.6) is 0 Å². The van der Waals surface area contributed by atoms with Crippen molar-refractivity contribution in [2.45, 2.75) is 38.9 Å². The van der Waals surface area contributed by atoms with Gasteiger partial charge in [0, 0.05) is 19.1 Å². The highest BCUT2D eigenvalue weighted by Gasteiger charge is 2.34. The van der Waals surface area contributed by atoms with Crippen molar-refractivity contribution in [3.8, 4) is 0 Å². The van der Waals surface area contributed by atoms with Crippen LogP contribution in [0.4, 0.5) is 13.2 Å². The lowest BCUT2D eigenvalue weighted by atomic mass is 9.93. The van der Waals surface area contributed by atoms with E-state index in [1.165, 1.54) is 0 Å². The molecule has 1 saturated heterocycles. The second kappa shape index (κ2) is 7.06. The number of hydrogen-bond acceptors (Lipinski definition) is 3. The molecule has 1 aliphatic heterocycles. The monoisotopic (exact) mass is 317 g/mol. The summed E-state index contributed by atoms with van der Waals surface area (Å²) in [5.74, 6) is 0.117. The Balaban J connectivity index is 2.61. The van der Waals surface area contributed by atoms with Crippen LogP contribution < -0.4 is 10.0 Å². The number of nitrogens with zero attached hydrogens (tertiary/aromatic N) is 1. The van der Waals surface area contributed by atoms with Crippen LogP contribution in [0, 0.1) is 5.92 Å². The standard InChI is InChI=1S/C11H22F3N3O2S/c1-3-15-9(2)10-5-4-6-17(7-10)20(18,19)16-8-11(12,13)14/h9-10,15-16H,3-8H2,1-2H3. The molecule has 2 N–H and O–H groups in total. The third kappa shape index (κ3) is 5.55. The number of nitrogens with one attached hydrogen (secondary N) is 2. The van der Waals surface area contributed by atoms with E-state index in [1.54, 1.807) is 4.72 Å². The van der Waals surface area contributed by atoms with Gasteiger partial charge >= 0.3 is 6.18 Å². The van der Waals surface area contributed by atoms with Crippen LogP contribution >= 0.6 is 0 Å². The van der Waals surface area contributed by atoms with Crippen molar-refractivity contribution in [2.75, 3.05) is 26.2 Å². The minimum absolute atomic E-state index is 0.117. The Morgan fingerprint density at radius 2 is 2.05 bits per heavy atom. The Morgan fingerprint density at radius 3 is 2.60 bits per heavy atom. The van der Waals surface area contributed by atoms with E-state index in [0.29, 0.717) is 6.42 Å². The Morgan fingerprint density at radius 1 is 1.40 bits per heavy atom. The van der Waals surface area contributed by atoms with E-state index in [-0.39, 0.29) is 25.0 Å². The van der Waals surface area contributed by atoms with E-state index in [1.807, 2.05) is 13.8 Å². The van der Waals surface area contributed by atoms with Crippen molar-refractivity contribution < 1.29 is 21.6 Å². The summed E-state index contributed by atoms with van der Waals surface area (Å²) in [4.78, 5) is 0. The minimum atomic E-state index is -4.54. The maximum atomic E-state index is 12.1. The molecule has 0 aliphatic carbocycles. The smallest absolute Gasteiger partial charge is 0.314 e. The first-order valence-electron chi connectivity index (χ1n) is 6.70. The van der Waals surface area contributed by atoms with Crippen LogP contribution in [-0.4, -0.2) is 51.1 Å². The van der Waals surface area contributed by atoms with E-state index in [2.05, 4.69) is 5.32 Å². The summed E-state index contributed by atoms with van der Waals surface area (Å²) in [6.45, 7) is 3.69. The molecule has 2 unspecified atom stereocenters. The average Bonchev–Trinajstić information content (AvgIpc) is 2.36. The van der Waals surface area contributed by atoms with Gasteiger partial charge in [0.05, 0.1) is 0 Å². The van der Waals surface area contributed by atoms with E-state index in [4.69, 9.17) is 0 Å². The fraction of sp³-hybridized carbons (Fsp3) is 1.00. The van der Waals surface area contributed by atoms with E-state index in [9.17, 15) is 21.6 Å². The molecule has 9 heteroatoms. The molecule has 0 amide bonds. The zero-order valence-electron chi connectivity index (χ0n) is 11.7. The van der Waals surface area contributed by atoms with E-state index < -0.39 is 22.9 Å². The number of halogens is 3. The zero-order valence-corrected chi connectivity index (χ0v) is 12.5. The van der Waals surface area contributed by atoms with Gasteiger partial charge < -0.3 is 5.32 Å². The number of hydrogen-bond donors (Lipinski definition) is 2. The Kier molecular flexibility index (Phi) is 6.24. The number of piperidine rings is 1. The van der Waals surface area contributed by atoms with Gasteiger partial charge in [-0.05, 0) is 32.2 Å². The summed E-state index contributed by atoms with van der Waals surface area (Å²) in [5, 5.41) is 3.22. The van der Waals surface area contributed by atoms with Crippen LogP contribution in [-0.2, 0) is 10.2 Å². The molecule has 120 valence electrons. The molecular weight excluding hydrogens is 295 g/mol. The third-order valence-electron chi connectivity index (χ3n) is 3.45. The molecule has 2 atom stereocenters. The lowest BCUT2D eigenvalue weighted by Crippen LogP contribution is -2.51. The normalized spacial score (nSPS) is 23.8. The van der Waals surface area contributed by atoms with Crippen LogP contribution in [0.3, 0.4) is 0 Å². The maximum absolute atomic E-state index is 12.1. The highest BCUT2D eigenvalue weighted by molar-refractivity contribution is 7.87. The molecule has 0 spiro atoms. The Hall–Kier alpha value is -0.380. The Labute approximate surface area is 118 Å². The maximum Gasteiger partial charge on any atom is 0.402 e. The predicted molar refractivity (Wildman–Crippen MR) is 70.4 cm³/mol. The molecule has 1 rings (SSSR count). The molecule has 0 radical (unpaired) electrons. The highest BCUT2D eigenvalue weighted by Crippen LogP contribution is 2.22. The topological polar surface area (TPSA) is 61.4 Å². The summed E-state index contributed by atoms with van der Waals surface area (Å²) in [6.07, 6.45) is -3.01. The molecule has 20 heavy (non-hydrogen) atoms. The van der Waals surface area contributed by atoms with E-state index in [0.717, 1.165) is 17.3 Å². The molecule has 1 heterocycles. The molecule has 0 saturated carbocycles. The average molecular weight is 317 g/mol. The van der Waals surface area contributed by atoms with Gasteiger partial charge in [0.2, 0.25) is 0 Å². The summed E-state index contributed by atoms with van der Waals surface area (Å²) in [6, 6.07) is 0.139. The summed E-state index contributed by atoms with van der Waals surface area (Å²) in [5.41, 5.74) is 0. The fourth-order valence-electron chi connectivity index (χ4n) is 2.35. The molecule has 5 nitrogen and oxygen atoms in total. The van der Waals surface area contributed by atoms with Crippen molar-refractivity contribution in [3.63, 3.8) is 0 Å². The summed E-state index contributed by atoms with van der Waals surface area (Å²) < 4.78 is 62.7. The fourth-order valence-corrected chi connectivity index (χ4v) is 3.64. The van der Waals surface area contributed by atoms with Gasteiger partial charge in [0.25, 0.3) is 10.2 Å². The second-order valence-electron chi connectivity index (χ2n) is 5.05. The molecule has 0 bridgehead atoms. The zero-order chi connectivity index (χ0) is 15.4. The molecule has 0 aromatic rings. The first kappa shape index (κ1) is 17.7. The van der Waals surface area contributed by atoms with Gasteiger partial charge in [-0.3, -0.25) is 0 Å². The first-order chi connectivity index (χ1) is 9.15.